The minimum absolute atomic E-state index is 0. The van der Waals surface area contributed by atoms with Gasteiger partial charge in [-0.3, -0.25) is 0 Å². The first-order valence-corrected chi connectivity index (χ1v) is 16.6. The molecular formula is C38H40F6N3NaO6. The van der Waals surface area contributed by atoms with Gasteiger partial charge >= 0.3 is 41.9 Å². The van der Waals surface area contributed by atoms with Crippen molar-refractivity contribution in [1.29, 1.82) is 0 Å². The molecule has 286 valence electrons. The van der Waals surface area contributed by atoms with Gasteiger partial charge in [-0.25, -0.2) is 9.97 Å². The summed E-state index contributed by atoms with van der Waals surface area (Å²) in [6, 6.07) is 10.5. The fourth-order valence-electron chi connectivity index (χ4n) is 5.46. The van der Waals surface area contributed by atoms with Gasteiger partial charge in [0.2, 0.25) is 5.95 Å². The van der Waals surface area contributed by atoms with Crippen LogP contribution in [0.3, 0.4) is 0 Å². The summed E-state index contributed by atoms with van der Waals surface area (Å²) in [6.45, 7) is 7.19. The Hall–Kier alpha value is -4.21. The third-order valence-corrected chi connectivity index (χ3v) is 8.01. The second-order valence-corrected chi connectivity index (χ2v) is 12.8. The second kappa shape index (κ2) is 18.9. The van der Waals surface area contributed by atoms with Crippen LogP contribution in [0.1, 0.15) is 74.3 Å². The van der Waals surface area contributed by atoms with Gasteiger partial charge < -0.3 is 33.7 Å². The first-order chi connectivity index (χ1) is 24.9. The van der Waals surface area contributed by atoms with E-state index < -0.39 is 36.0 Å². The van der Waals surface area contributed by atoms with Gasteiger partial charge in [0.05, 0.1) is 50.5 Å². The summed E-state index contributed by atoms with van der Waals surface area (Å²) in [6.07, 6.45) is -7.86. The second-order valence-electron chi connectivity index (χ2n) is 12.8. The van der Waals surface area contributed by atoms with Crippen molar-refractivity contribution in [3.8, 4) is 34.1 Å². The predicted octanol–water partition coefficient (Wildman–Crippen LogP) is 5.23. The zero-order valence-corrected chi connectivity index (χ0v) is 33.0. The number of aromatic nitrogens is 2. The first kappa shape index (κ1) is 44.2. The molecule has 3 aromatic carbocycles. The number of hydrogen-bond acceptors (Lipinski definition) is 9. The Balaban J connectivity index is 0.00000784. The molecular weight excluding hydrogens is 731 g/mol. The Morgan fingerprint density at radius 1 is 0.796 bits per heavy atom. The smallest absolute Gasteiger partial charge is 0.550 e. The number of aliphatic carboxylic acids is 1. The molecule has 9 nitrogen and oxygen atoms in total. The quantitative estimate of drug-likeness (QED) is 0.0861. The molecule has 0 aliphatic carbocycles. The van der Waals surface area contributed by atoms with Crippen LogP contribution in [0.15, 0.2) is 60.9 Å². The molecule has 16 heteroatoms. The van der Waals surface area contributed by atoms with Crippen LogP contribution in [0.25, 0.3) is 11.1 Å². The minimum Gasteiger partial charge on any atom is -0.550 e. The molecule has 0 spiro atoms. The number of carbonyl (C=O) groups excluding carboxylic acids is 1. The van der Waals surface area contributed by atoms with Crippen LogP contribution in [0.2, 0.25) is 0 Å². The summed E-state index contributed by atoms with van der Waals surface area (Å²) in [4.78, 5) is 20.8. The van der Waals surface area contributed by atoms with Crippen LogP contribution >= 0.6 is 0 Å². The molecule has 0 unspecified atom stereocenters. The maximum atomic E-state index is 13.9. The topological polar surface area (TPSA) is 106 Å². The molecule has 4 aromatic rings. The van der Waals surface area contributed by atoms with Gasteiger partial charge in [0, 0.05) is 24.6 Å². The fourth-order valence-corrected chi connectivity index (χ4v) is 5.46. The van der Waals surface area contributed by atoms with E-state index in [4.69, 9.17) is 18.9 Å². The molecule has 0 aliphatic rings. The van der Waals surface area contributed by atoms with E-state index in [0.717, 1.165) is 5.56 Å². The Morgan fingerprint density at radius 2 is 1.39 bits per heavy atom. The largest absolute Gasteiger partial charge is 1.00 e. The summed E-state index contributed by atoms with van der Waals surface area (Å²) in [5, 5.41) is 10.7. The fraction of sp³-hybridized carbons (Fsp3) is 0.395. The Morgan fingerprint density at radius 3 is 1.91 bits per heavy atom. The monoisotopic (exact) mass is 771 g/mol. The molecule has 0 amide bonds. The van der Waals surface area contributed by atoms with E-state index in [1.165, 1.54) is 31.5 Å². The van der Waals surface area contributed by atoms with Crippen molar-refractivity contribution in [2.75, 3.05) is 25.7 Å². The average molecular weight is 772 g/mol. The number of ether oxygens (including phenoxy) is 4. The van der Waals surface area contributed by atoms with E-state index in [1.54, 1.807) is 12.1 Å². The summed E-state index contributed by atoms with van der Waals surface area (Å²) in [5.41, 5.74) is -0.444. The number of methoxy groups -OCH3 is 2. The number of halogens is 6. The Labute approximate surface area is 331 Å². The number of rotatable bonds is 16. The van der Waals surface area contributed by atoms with Crippen molar-refractivity contribution in [3.63, 3.8) is 0 Å². The molecule has 54 heavy (non-hydrogen) atoms. The number of nitrogens with zero attached hydrogens (tertiary/aromatic N) is 3. The maximum absolute atomic E-state index is 13.9. The summed E-state index contributed by atoms with van der Waals surface area (Å²) >= 11 is 0. The van der Waals surface area contributed by atoms with Crippen LogP contribution in [-0.2, 0) is 30.2 Å². The van der Waals surface area contributed by atoms with Crippen LogP contribution in [-0.4, -0.2) is 42.9 Å². The molecule has 4 rings (SSSR count). The van der Waals surface area contributed by atoms with Crippen molar-refractivity contribution in [3.05, 3.63) is 88.7 Å². The van der Waals surface area contributed by atoms with E-state index in [9.17, 15) is 36.2 Å². The van der Waals surface area contributed by atoms with Gasteiger partial charge in [-0.05, 0) is 97.3 Å². The van der Waals surface area contributed by atoms with Crippen molar-refractivity contribution in [1.82, 2.24) is 9.97 Å². The van der Waals surface area contributed by atoms with Gasteiger partial charge in [0.1, 0.15) is 5.75 Å². The van der Waals surface area contributed by atoms with Crippen LogP contribution < -0.4 is 58.5 Å². The molecule has 0 atom stereocenters. The van der Waals surface area contributed by atoms with E-state index >= 15 is 0 Å². The summed E-state index contributed by atoms with van der Waals surface area (Å²) in [5.74, 6) is 0.220. The minimum atomic E-state index is -5.06. The normalized spacial score (nSPS) is 11.7. The van der Waals surface area contributed by atoms with Crippen LogP contribution in [0, 0.1) is 0 Å². The van der Waals surface area contributed by atoms with Crippen molar-refractivity contribution >= 4 is 11.9 Å². The van der Waals surface area contributed by atoms with Gasteiger partial charge in [0.25, 0.3) is 0 Å². The van der Waals surface area contributed by atoms with Gasteiger partial charge in [-0.1, -0.05) is 19.9 Å². The third kappa shape index (κ3) is 11.9. The average Bonchev–Trinajstić information content (AvgIpc) is 3.08. The SMILES string of the molecule is COc1cc(CN(Cc2cc(C(F)(F)F)cc(C(F)(F)F)c2)c2ncc(OCCCC(=O)[O-])cn2)c(-c2cc(C(C)C)ccc2OC(C)C)cc1OC.[Na+]. The van der Waals surface area contributed by atoms with E-state index in [-0.39, 0.29) is 90.9 Å². The number of benzene rings is 3. The van der Waals surface area contributed by atoms with Crippen molar-refractivity contribution in [2.45, 2.75) is 78.0 Å². The van der Waals surface area contributed by atoms with Crippen LogP contribution in [0.4, 0.5) is 32.3 Å². The number of hydrogen-bond donors (Lipinski definition) is 0. The standard InChI is InChI=1S/C38H41F6N3O6.Na/c1-22(2)25-9-10-32(53-23(3)4)31(14-25)30-17-34(51-6)33(50-5)15-26(30)21-47(36-45-18-29(19-46-36)52-11-7-8-35(48)49)20-24-12-27(37(39,40)41)16-28(13-24)38(42,43)44;/h9-10,12-19,22-23H,7-8,11,20-21H2,1-6H3,(H,48,49);/q;+1/p-1. The molecule has 0 saturated carbocycles. The molecule has 0 saturated heterocycles. The van der Waals surface area contributed by atoms with E-state index in [0.29, 0.717) is 46.1 Å². The van der Waals surface area contributed by atoms with E-state index in [1.807, 2.05) is 45.9 Å². The number of carbonyl (C=O) groups is 1. The molecule has 0 fully saturated rings. The molecule has 0 aliphatic heterocycles. The van der Waals surface area contributed by atoms with Crippen molar-refractivity contribution < 1.29 is 84.7 Å². The van der Waals surface area contributed by atoms with Crippen LogP contribution in [0.5, 0.6) is 23.0 Å². The molecule has 0 bridgehead atoms. The van der Waals surface area contributed by atoms with Gasteiger partial charge in [-0.15, -0.1) is 0 Å². The third-order valence-electron chi connectivity index (χ3n) is 8.01. The zero-order chi connectivity index (χ0) is 39.1. The number of anilines is 1. The first-order valence-electron chi connectivity index (χ1n) is 16.6. The number of carboxylic acids is 1. The molecule has 1 aromatic heterocycles. The van der Waals surface area contributed by atoms with Gasteiger partial charge in [0.15, 0.2) is 17.2 Å². The molecule has 0 N–H and O–H groups in total. The summed E-state index contributed by atoms with van der Waals surface area (Å²) < 4.78 is 106. The zero-order valence-electron chi connectivity index (χ0n) is 31.0. The maximum Gasteiger partial charge on any atom is 1.00 e. The number of carboxylic acid groups (broad SMARTS) is 1. The molecule has 0 radical (unpaired) electrons. The van der Waals surface area contributed by atoms with Crippen molar-refractivity contribution in [2.24, 2.45) is 0 Å². The predicted molar refractivity (Wildman–Crippen MR) is 183 cm³/mol. The summed E-state index contributed by atoms with van der Waals surface area (Å²) in [7, 11) is 2.90. The molecule has 1 heterocycles. The Kier molecular flexibility index (Phi) is 15.5. The Bertz CT molecular complexity index is 1840. The van der Waals surface area contributed by atoms with Gasteiger partial charge in [-0.2, -0.15) is 26.3 Å². The van der Waals surface area contributed by atoms with E-state index in [2.05, 4.69) is 9.97 Å². The number of alkyl halides is 6.